The average molecular weight is 566 g/mol. The lowest BCUT2D eigenvalue weighted by atomic mass is 10.0. The molecule has 2 aromatic rings. The minimum Gasteiger partial charge on any atom is -0.452 e. The van der Waals surface area contributed by atoms with E-state index in [1.165, 1.54) is 11.0 Å². The van der Waals surface area contributed by atoms with Gasteiger partial charge in [0.15, 0.2) is 0 Å². The molecule has 2 aliphatic heterocycles. The van der Waals surface area contributed by atoms with Gasteiger partial charge < -0.3 is 19.9 Å². The summed E-state index contributed by atoms with van der Waals surface area (Å²) in [6.45, 7) is 0.364. The Labute approximate surface area is 217 Å². The van der Waals surface area contributed by atoms with E-state index in [0.717, 1.165) is 6.20 Å². The Morgan fingerprint density at radius 1 is 1.00 bits per heavy atom. The highest BCUT2D eigenvalue weighted by molar-refractivity contribution is 6.30. The Morgan fingerprint density at radius 2 is 1.66 bits per heavy atom. The predicted molar refractivity (Wildman–Crippen MR) is 122 cm³/mol. The first-order chi connectivity index (χ1) is 17.8. The summed E-state index contributed by atoms with van der Waals surface area (Å²) in [5.74, 6) is -4.13. The van der Waals surface area contributed by atoms with Crippen molar-refractivity contribution in [2.24, 2.45) is 0 Å². The summed E-state index contributed by atoms with van der Waals surface area (Å²) in [6.07, 6.45) is -9.53. The number of carbonyl (C=O) groups is 2. The van der Waals surface area contributed by atoms with E-state index in [0.29, 0.717) is 36.5 Å². The molecule has 15 heteroatoms. The monoisotopic (exact) mass is 565 g/mol. The number of amides is 1. The molecule has 0 saturated carbocycles. The molecule has 0 radical (unpaired) electrons. The third kappa shape index (κ3) is 6.65. The number of hydrogen-bond acceptors (Lipinski definition) is 7. The molecular weight excluding hydrogens is 544 g/mol. The second kappa shape index (κ2) is 10.9. The van der Waals surface area contributed by atoms with Crippen LogP contribution in [-0.2, 0) is 15.7 Å². The van der Waals surface area contributed by atoms with Gasteiger partial charge in [-0.15, -0.1) is 0 Å². The minimum atomic E-state index is -5.23. The molecule has 0 aliphatic carbocycles. The summed E-state index contributed by atoms with van der Waals surface area (Å²) >= 11 is 5.86. The van der Waals surface area contributed by atoms with Crippen molar-refractivity contribution in [2.75, 3.05) is 31.1 Å². The van der Waals surface area contributed by atoms with Gasteiger partial charge in [-0.2, -0.15) is 26.3 Å². The largest absolute Gasteiger partial charge is 0.490 e. The van der Waals surface area contributed by atoms with Crippen molar-refractivity contribution in [3.05, 3.63) is 52.9 Å². The van der Waals surface area contributed by atoms with Gasteiger partial charge in [-0.05, 0) is 43.2 Å². The van der Waals surface area contributed by atoms with Crippen molar-refractivity contribution in [1.82, 2.24) is 20.2 Å². The van der Waals surface area contributed by atoms with Crippen LogP contribution in [0.4, 0.5) is 32.2 Å². The van der Waals surface area contributed by atoms with E-state index in [9.17, 15) is 35.9 Å². The van der Waals surface area contributed by atoms with Crippen molar-refractivity contribution in [3.63, 3.8) is 0 Å². The van der Waals surface area contributed by atoms with Gasteiger partial charge in [0.05, 0.1) is 12.6 Å². The van der Waals surface area contributed by atoms with Crippen molar-refractivity contribution in [3.8, 4) is 0 Å². The summed E-state index contributed by atoms with van der Waals surface area (Å²) in [4.78, 5) is 33.9. The molecule has 0 bridgehead atoms. The van der Waals surface area contributed by atoms with E-state index < -0.39 is 36.3 Å². The molecule has 1 aromatic carbocycles. The van der Waals surface area contributed by atoms with E-state index in [2.05, 4.69) is 15.3 Å². The first kappa shape index (κ1) is 27.9. The molecule has 0 spiro atoms. The maximum Gasteiger partial charge on any atom is 0.490 e. The molecule has 38 heavy (non-hydrogen) atoms. The molecule has 3 heterocycles. The first-order valence-corrected chi connectivity index (χ1v) is 11.9. The quantitative estimate of drug-likeness (QED) is 0.437. The number of anilines is 1. The van der Waals surface area contributed by atoms with Gasteiger partial charge >= 0.3 is 18.3 Å². The van der Waals surface area contributed by atoms with Crippen LogP contribution in [0.25, 0.3) is 0 Å². The number of carbonyl (C=O) groups excluding carboxylic acids is 2. The van der Waals surface area contributed by atoms with Crippen LogP contribution >= 0.6 is 11.6 Å². The SMILES string of the molecule is O=C(c1ccc(Cl)cc1)N1CCC(NC2CN(c3ccnc(C(F)(F)F)n3)CC2OC(=O)C(F)(F)F)CC1. The minimum absolute atomic E-state index is 0.0615. The normalized spacial score (nSPS) is 21.0. The number of nitrogens with one attached hydrogen (secondary N) is 1. The highest BCUT2D eigenvalue weighted by Gasteiger charge is 2.46. The fourth-order valence-corrected chi connectivity index (χ4v) is 4.56. The molecule has 8 nitrogen and oxygen atoms in total. The lowest BCUT2D eigenvalue weighted by Crippen LogP contribution is -2.52. The second-order valence-corrected chi connectivity index (χ2v) is 9.37. The highest BCUT2D eigenvalue weighted by atomic mass is 35.5. The van der Waals surface area contributed by atoms with Crippen LogP contribution in [0.15, 0.2) is 36.5 Å². The number of likely N-dealkylation sites (tertiary alicyclic amines) is 1. The van der Waals surface area contributed by atoms with E-state index in [-0.39, 0.29) is 30.9 Å². The summed E-state index contributed by atoms with van der Waals surface area (Å²) in [7, 11) is 0. The molecule has 2 atom stereocenters. The number of benzene rings is 1. The standard InChI is InChI=1S/C23H22ClF6N5O3/c24-14-3-1-13(2-4-14)19(36)34-9-6-15(7-10-34)32-16-11-35(12-17(16)38-21(37)23(28,29)30)18-5-8-31-20(33-18)22(25,26)27/h1-5,8,15-17,32H,6-7,9-12H2. The predicted octanol–water partition coefficient (Wildman–Crippen LogP) is 3.71. The molecule has 2 unspecified atom stereocenters. The zero-order valence-electron chi connectivity index (χ0n) is 19.6. The molecule has 2 aliphatic rings. The summed E-state index contributed by atoms with van der Waals surface area (Å²) < 4.78 is 82.5. The Bertz CT molecular complexity index is 1160. The Morgan fingerprint density at radius 3 is 2.26 bits per heavy atom. The molecule has 2 fully saturated rings. The van der Waals surface area contributed by atoms with Crippen LogP contribution in [0.1, 0.15) is 29.0 Å². The van der Waals surface area contributed by atoms with Crippen molar-refractivity contribution >= 4 is 29.3 Å². The number of esters is 1. The Hall–Kier alpha value is -3.13. The number of piperidine rings is 1. The number of halogens is 7. The van der Waals surface area contributed by atoms with Crippen molar-refractivity contribution < 1.29 is 40.7 Å². The van der Waals surface area contributed by atoms with Gasteiger partial charge in [-0.25, -0.2) is 14.8 Å². The number of ether oxygens (including phenoxy) is 1. The lowest BCUT2D eigenvalue weighted by molar-refractivity contribution is -0.204. The Kier molecular flexibility index (Phi) is 8.02. The third-order valence-electron chi connectivity index (χ3n) is 6.30. The number of nitrogens with zero attached hydrogens (tertiary/aromatic N) is 4. The molecule has 206 valence electrons. The number of aromatic nitrogens is 2. The number of rotatable bonds is 5. The van der Waals surface area contributed by atoms with E-state index in [4.69, 9.17) is 16.3 Å². The van der Waals surface area contributed by atoms with Gasteiger partial charge in [0.25, 0.3) is 5.91 Å². The fourth-order valence-electron chi connectivity index (χ4n) is 4.43. The van der Waals surface area contributed by atoms with Crippen molar-refractivity contribution in [2.45, 2.75) is 43.4 Å². The van der Waals surface area contributed by atoms with Gasteiger partial charge in [0, 0.05) is 42.5 Å². The molecule has 4 rings (SSSR count). The zero-order valence-corrected chi connectivity index (χ0v) is 20.4. The van der Waals surface area contributed by atoms with Crippen LogP contribution in [0.3, 0.4) is 0 Å². The summed E-state index contributed by atoms with van der Waals surface area (Å²) in [6, 6.07) is 6.56. The number of alkyl halides is 6. The maximum absolute atomic E-state index is 13.1. The van der Waals surface area contributed by atoms with E-state index >= 15 is 0 Å². The summed E-state index contributed by atoms with van der Waals surface area (Å²) in [5, 5.41) is 3.66. The smallest absolute Gasteiger partial charge is 0.452 e. The van der Waals surface area contributed by atoms with Crippen LogP contribution in [0.5, 0.6) is 0 Å². The van der Waals surface area contributed by atoms with Gasteiger partial charge in [-0.1, -0.05) is 11.6 Å². The zero-order chi connectivity index (χ0) is 27.7. The first-order valence-electron chi connectivity index (χ1n) is 11.5. The van der Waals surface area contributed by atoms with Crippen LogP contribution < -0.4 is 10.2 Å². The van der Waals surface area contributed by atoms with E-state index in [1.54, 1.807) is 29.2 Å². The topological polar surface area (TPSA) is 87.7 Å². The second-order valence-electron chi connectivity index (χ2n) is 8.93. The van der Waals surface area contributed by atoms with Gasteiger partial charge in [-0.3, -0.25) is 4.79 Å². The molecular formula is C23H22ClF6N5O3. The van der Waals surface area contributed by atoms with Gasteiger partial charge in [0.1, 0.15) is 11.9 Å². The summed E-state index contributed by atoms with van der Waals surface area (Å²) in [5.41, 5.74) is 0.467. The van der Waals surface area contributed by atoms with E-state index in [1.807, 2.05) is 0 Å². The van der Waals surface area contributed by atoms with Gasteiger partial charge in [0.2, 0.25) is 5.82 Å². The van der Waals surface area contributed by atoms with Crippen LogP contribution in [-0.4, -0.2) is 77.3 Å². The molecule has 2 saturated heterocycles. The molecule has 1 N–H and O–H groups in total. The molecule has 1 aromatic heterocycles. The highest BCUT2D eigenvalue weighted by Crippen LogP contribution is 2.29. The fraction of sp³-hybridized carbons (Fsp3) is 0.478. The number of hydrogen-bond donors (Lipinski definition) is 1. The average Bonchev–Trinajstić information content (AvgIpc) is 3.25. The third-order valence-corrected chi connectivity index (χ3v) is 6.55. The Balaban J connectivity index is 1.43. The van der Waals surface area contributed by atoms with Crippen LogP contribution in [0.2, 0.25) is 5.02 Å². The van der Waals surface area contributed by atoms with Crippen LogP contribution in [0, 0.1) is 0 Å². The maximum atomic E-state index is 13.1. The molecule has 1 amide bonds. The van der Waals surface area contributed by atoms with Crippen molar-refractivity contribution in [1.29, 1.82) is 0 Å². The lowest BCUT2D eigenvalue weighted by Gasteiger charge is -2.34.